The number of aromatic amines is 1. The summed E-state index contributed by atoms with van der Waals surface area (Å²) in [4.78, 5) is 16.0. The molecule has 1 fully saturated rings. The Morgan fingerprint density at radius 1 is 1.43 bits per heavy atom. The summed E-state index contributed by atoms with van der Waals surface area (Å²) < 4.78 is 36.9. The topological polar surface area (TPSA) is 71.9 Å². The fourth-order valence-corrected chi connectivity index (χ4v) is 2.76. The summed E-state index contributed by atoms with van der Waals surface area (Å²) >= 11 is 0. The lowest BCUT2D eigenvalue weighted by atomic mass is 9.93. The number of alkyl halides is 3. The Kier molecular flexibility index (Phi) is 5.66. The van der Waals surface area contributed by atoms with E-state index < -0.39 is 12.7 Å². The molecule has 5 nitrogen and oxygen atoms in total. The lowest BCUT2D eigenvalue weighted by Crippen LogP contribution is -2.40. The summed E-state index contributed by atoms with van der Waals surface area (Å²) in [6.45, 7) is 0.523. The number of aromatic nitrogens is 1. The highest BCUT2D eigenvalue weighted by Gasteiger charge is 2.32. The molecule has 0 aromatic carbocycles. The predicted octanol–water partition coefficient (Wildman–Crippen LogP) is 2.28. The van der Waals surface area contributed by atoms with E-state index >= 15 is 0 Å². The second kappa shape index (κ2) is 7.51. The van der Waals surface area contributed by atoms with Crippen molar-refractivity contribution in [2.45, 2.75) is 25.4 Å². The maximum Gasteiger partial charge on any atom is 0.401 e. The Labute approximate surface area is 132 Å². The van der Waals surface area contributed by atoms with Crippen molar-refractivity contribution in [2.24, 2.45) is 5.92 Å². The van der Waals surface area contributed by atoms with Gasteiger partial charge < -0.3 is 10.3 Å². The Hall–Kier alpha value is -2.01. The average Bonchev–Trinajstić information content (AvgIpc) is 2.96. The van der Waals surface area contributed by atoms with E-state index in [-0.39, 0.29) is 5.91 Å². The quantitative estimate of drug-likeness (QED) is 0.871. The summed E-state index contributed by atoms with van der Waals surface area (Å²) in [5, 5.41) is 11.5. The monoisotopic (exact) mass is 328 g/mol. The predicted molar refractivity (Wildman–Crippen MR) is 77.7 cm³/mol. The molecule has 0 spiro atoms. The van der Waals surface area contributed by atoms with Crippen LogP contribution in [0, 0.1) is 17.2 Å². The Balaban J connectivity index is 1.66. The van der Waals surface area contributed by atoms with E-state index in [0.717, 1.165) is 6.42 Å². The zero-order valence-corrected chi connectivity index (χ0v) is 12.6. The van der Waals surface area contributed by atoms with Crippen molar-refractivity contribution in [1.29, 1.82) is 5.26 Å². The largest absolute Gasteiger partial charge is 0.401 e. The minimum atomic E-state index is -4.14. The number of H-pyrrole nitrogens is 1. The van der Waals surface area contributed by atoms with Crippen molar-refractivity contribution >= 4 is 5.91 Å². The third-order valence-electron chi connectivity index (χ3n) is 4.00. The smallest absolute Gasteiger partial charge is 0.356 e. The van der Waals surface area contributed by atoms with Crippen molar-refractivity contribution in [2.75, 3.05) is 26.2 Å². The highest BCUT2D eigenvalue weighted by molar-refractivity contribution is 5.92. The molecule has 1 aromatic rings. The molecule has 1 aliphatic heterocycles. The van der Waals surface area contributed by atoms with Gasteiger partial charge in [-0.3, -0.25) is 9.69 Å². The van der Waals surface area contributed by atoms with Crippen LogP contribution >= 0.6 is 0 Å². The molecule has 8 heteroatoms. The number of hydrogen-bond acceptors (Lipinski definition) is 3. The van der Waals surface area contributed by atoms with Gasteiger partial charge in [-0.2, -0.15) is 18.4 Å². The molecule has 2 heterocycles. The fourth-order valence-electron chi connectivity index (χ4n) is 2.76. The molecule has 1 aromatic heterocycles. The van der Waals surface area contributed by atoms with Crippen LogP contribution in [0.15, 0.2) is 12.3 Å². The first-order chi connectivity index (χ1) is 10.9. The minimum absolute atomic E-state index is 0.277. The van der Waals surface area contributed by atoms with E-state index in [4.69, 9.17) is 5.26 Å². The van der Waals surface area contributed by atoms with Crippen LogP contribution in [-0.2, 0) is 0 Å². The van der Waals surface area contributed by atoms with Crippen LogP contribution in [-0.4, -0.2) is 48.1 Å². The third-order valence-corrected chi connectivity index (χ3v) is 4.00. The summed E-state index contributed by atoms with van der Waals surface area (Å²) in [5.41, 5.74) is 0.730. The molecule has 0 saturated carbocycles. The van der Waals surface area contributed by atoms with Crippen molar-refractivity contribution in [3.63, 3.8) is 0 Å². The Morgan fingerprint density at radius 2 is 2.13 bits per heavy atom. The Morgan fingerprint density at radius 3 is 2.70 bits per heavy atom. The number of piperidine rings is 1. The molecule has 0 bridgehead atoms. The second-order valence-corrected chi connectivity index (χ2v) is 5.79. The third kappa shape index (κ3) is 5.60. The zero-order chi connectivity index (χ0) is 16.9. The molecule has 0 aliphatic carbocycles. The SMILES string of the molecule is N#Cc1c[nH]c(C(=O)NCCC2CCN(CC(F)(F)F)CC2)c1. The van der Waals surface area contributed by atoms with Gasteiger partial charge in [-0.05, 0) is 44.3 Å². The number of nitrogens with zero attached hydrogens (tertiary/aromatic N) is 2. The first kappa shape index (κ1) is 17.3. The number of rotatable bonds is 5. The number of carbonyl (C=O) groups is 1. The lowest BCUT2D eigenvalue weighted by molar-refractivity contribution is -0.148. The minimum Gasteiger partial charge on any atom is -0.356 e. The van der Waals surface area contributed by atoms with E-state index in [1.807, 2.05) is 6.07 Å². The molecule has 23 heavy (non-hydrogen) atoms. The standard InChI is InChI=1S/C15H19F3N4O/c16-15(17,18)10-22-5-2-11(3-6-22)1-4-20-14(23)13-7-12(8-19)9-21-13/h7,9,11,21H,1-6,10H2,(H,20,23). The lowest BCUT2D eigenvalue weighted by Gasteiger charge is -2.32. The first-order valence-electron chi connectivity index (χ1n) is 7.53. The second-order valence-electron chi connectivity index (χ2n) is 5.79. The summed E-state index contributed by atoms with van der Waals surface area (Å²) in [6.07, 6.45) is -0.498. The van der Waals surface area contributed by atoms with E-state index in [0.29, 0.717) is 49.7 Å². The van der Waals surface area contributed by atoms with Gasteiger partial charge in [0.25, 0.3) is 5.91 Å². The highest BCUT2D eigenvalue weighted by Crippen LogP contribution is 2.23. The number of nitriles is 1. The number of likely N-dealkylation sites (tertiary alicyclic amines) is 1. The van der Waals surface area contributed by atoms with E-state index in [2.05, 4.69) is 10.3 Å². The molecule has 126 valence electrons. The number of amides is 1. The molecular formula is C15H19F3N4O. The van der Waals surface area contributed by atoms with Crippen molar-refractivity contribution < 1.29 is 18.0 Å². The maximum atomic E-state index is 12.3. The van der Waals surface area contributed by atoms with Crippen LogP contribution in [0.5, 0.6) is 0 Å². The molecular weight excluding hydrogens is 309 g/mol. The van der Waals surface area contributed by atoms with Crippen molar-refractivity contribution in [3.05, 3.63) is 23.5 Å². The van der Waals surface area contributed by atoms with Gasteiger partial charge in [-0.25, -0.2) is 0 Å². The van der Waals surface area contributed by atoms with Crippen molar-refractivity contribution in [1.82, 2.24) is 15.2 Å². The normalized spacial score (nSPS) is 17.0. The molecule has 2 N–H and O–H groups in total. The van der Waals surface area contributed by atoms with Crippen LogP contribution < -0.4 is 5.32 Å². The van der Waals surface area contributed by atoms with E-state index in [1.165, 1.54) is 17.2 Å². The molecule has 0 radical (unpaired) electrons. The maximum absolute atomic E-state index is 12.3. The van der Waals surface area contributed by atoms with Crippen LogP contribution in [0.25, 0.3) is 0 Å². The summed E-state index contributed by atoms with van der Waals surface area (Å²) in [5.74, 6) is 0.0547. The van der Waals surface area contributed by atoms with Gasteiger partial charge in [0.05, 0.1) is 12.1 Å². The molecule has 0 atom stereocenters. The molecule has 1 saturated heterocycles. The van der Waals surface area contributed by atoms with Gasteiger partial charge >= 0.3 is 6.18 Å². The number of halogens is 3. The number of hydrogen-bond donors (Lipinski definition) is 2. The van der Waals surface area contributed by atoms with Gasteiger partial charge in [-0.1, -0.05) is 0 Å². The van der Waals surface area contributed by atoms with Gasteiger partial charge in [0.1, 0.15) is 11.8 Å². The molecule has 1 amide bonds. The highest BCUT2D eigenvalue weighted by atomic mass is 19.4. The van der Waals surface area contributed by atoms with Crippen LogP contribution in [0.1, 0.15) is 35.3 Å². The molecule has 1 aliphatic rings. The van der Waals surface area contributed by atoms with E-state index in [9.17, 15) is 18.0 Å². The molecule has 0 unspecified atom stereocenters. The van der Waals surface area contributed by atoms with E-state index in [1.54, 1.807) is 0 Å². The summed E-state index contributed by atoms with van der Waals surface area (Å²) in [6, 6.07) is 3.41. The van der Waals surface area contributed by atoms with Gasteiger partial charge in [-0.15, -0.1) is 0 Å². The Bertz CT molecular complexity index is 568. The molecule has 2 rings (SSSR count). The zero-order valence-electron chi connectivity index (χ0n) is 12.6. The van der Waals surface area contributed by atoms with Crippen LogP contribution in [0.3, 0.4) is 0 Å². The number of carbonyl (C=O) groups excluding carboxylic acids is 1. The van der Waals surface area contributed by atoms with Crippen LogP contribution in [0.4, 0.5) is 13.2 Å². The van der Waals surface area contributed by atoms with Crippen LogP contribution in [0.2, 0.25) is 0 Å². The van der Waals surface area contributed by atoms with Gasteiger partial charge in [0, 0.05) is 12.7 Å². The first-order valence-corrected chi connectivity index (χ1v) is 7.53. The fraction of sp³-hybridized carbons (Fsp3) is 0.600. The number of nitrogens with one attached hydrogen (secondary N) is 2. The van der Waals surface area contributed by atoms with Gasteiger partial charge in [0.2, 0.25) is 0 Å². The van der Waals surface area contributed by atoms with Crippen molar-refractivity contribution in [3.8, 4) is 6.07 Å². The summed E-state index contributed by atoms with van der Waals surface area (Å²) in [7, 11) is 0. The average molecular weight is 328 g/mol. The van der Waals surface area contributed by atoms with Gasteiger partial charge in [0.15, 0.2) is 0 Å².